The lowest BCUT2D eigenvalue weighted by molar-refractivity contribution is 0.616. The van der Waals surface area contributed by atoms with Crippen LogP contribution in [0.25, 0.3) is 0 Å². The molecule has 0 radical (unpaired) electrons. The van der Waals surface area contributed by atoms with Crippen molar-refractivity contribution in [1.82, 2.24) is 9.71 Å². The van der Waals surface area contributed by atoms with Gasteiger partial charge in [0.25, 0.3) is 0 Å². The summed E-state index contributed by atoms with van der Waals surface area (Å²) in [5, 5.41) is 0. The minimum absolute atomic E-state index is 0.527. The smallest absolute Gasteiger partial charge is 0.106 e. The molecule has 1 heterocycles. The fraction of sp³-hybridized carbons (Fsp3) is 0.545. The van der Waals surface area contributed by atoms with Crippen LogP contribution in [0, 0.1) is 0 Å². The van der Waals surface area contributed by atoms with Gasteiger partial charge in [0.05, 0.1) is 15.7 Å². The SMILES string of the molecule is [2H]C([2H])([2H])[C@H](N[S@](=O)C(C)(C)C)c1ccnc(Br)c1. The van der Waals surface area contributed by atoms with Crippen molar-refractivity contribution < 1.29 is 8.32 Å². The Kier molecular flexibility index (Phi) is 3.28. The molecular weight excluding hydrogens is 288 g/mol. The summed E-state index contributed by atoms with van der Waals surface area (Å²) < 4.78 is 37.6. The summed E-state index contributed by atoms with van der Waals surface area (Å²) >= 11 is 3.20. The topological polar surface area (TPSA) is 42.0 Å². The highest BCUT2D eigenvalue weighted by Gasteiger charge is 2.21. The third-order valence-electron chi connectivity index (χ3n) is 1.87. The fourth-order valence-electron chi connectivity index (χ4n) is 0.949. The molecule has 0 aliphatic heterocycles. The van der Waals surface area contributed by atoms with Crippen LogP contribution >= 0.6 is 15.9 Å². The van der Waals surface area contributed by atoms with Crippen LogP contribution in [0.1, 0.15) is 43.3 Å². The van der Waals surface area contributed by atoms with Crippen molar-refractivity contribution in [2.24, 2.45) is 0 Å². The summed E-state index contributed by atoms with van der Waals surface area (Å²) in [6.07, 6.45) is 1.51. The Labute approximate surface area is 112 Å². The maximum absolute atomic E-state index is 12.1. The third-order valence-corrected chi connectivity index (χ3v) is 3.86. The molecule has 0 amide bonds. The van der Waals surface area contributed by atoms with Gasteiger partial charge in [-0.1, -0.05) is 0 Å². The van der Waals surface area contributed by atoms with Gasteiger partial charge in [0.15, 0.2) is 0 Å². The minimum atomic E-state index is -2.29. The summed E-state index contributed by atoms with van der Waals surface area (Å²) in [6, 6.07) is 2.23. The van der Waals surface area contributed by atoms with E-state index in [0.717, 1.165) is 0 Å². The molecule has 0 unspecified atom stereocenters. The number of aromatic nitrogens is 1. The number of rotatable bonds is 3. The molecule has 0 bridgehead atoms. The van der Waals surface area contributed by atoms with E-state index in [1.54, 1.807) is 32.9 Å². The van der Waals surface area contributed by atoms with Crippen LogP contribution in [-0.2, 0) is 11.0 Å². The van der Waals surface area contributed by atoms with Crippen LogP contribution in [0.4, 0.5) is 0 Å². The first-order chi connectivity index (χ1) is 8.51. The van der Waals surface area contributed by atoms with Gasteiger partial charge >= 0.3 is 0 Å². The first kappa shape index (κ1) is 9.74. The average Bonchev–Trinajstić information content (AvgIpc) is 2.22. The number of hydrogen-bond acceptors (Lipinski definition) is 2. The zero-order chi connectivity index (χ0) is 14.8. The van der Waals surface area contributed by atoms with Crippen LogP contribution in [-0.4, -0.2) is 13.9 Å². The Hall–Kier alpha value is -0.260. The summed E-state index contributed by atoms with van der Waals surface area (Å²) in [7, 11) is -1.47. The van der Waals surface area contributed by atoms with Gasteiger partial charge in [-0.2, -0.15) is 0 Å². The number of nitrogens with one attached hydrogen (secondary N) is 1. The second-order valence-electron chi connectivity index (χ2n) is 4.34. The molecule has 1 aromatic heterocycles. The van der Waals surface area contributed by atoms with E-state index in [4.69, 9.17) is 4.11 Å². The Morgan fingerprint density at radius 2 is 2.31 bits per heavy atom. The van der Waals surface area contributed by atoms with Crippen LogP contribution in [0.3, 0.4) is 0 Å². The van der Waals surface area contributed by atoms with E-state index in [2.05, 4.69) is 25.6 Å². The van der Waals surface area contributed by atoms with E-state index in [1.165, 1.54) is 6.20 Å². The predicted octanol–water partition coefficient (Wildman–Crippen LogP) is 2.96. The summed E-state index contributed by atoms with van der Waals surface area (Å²) in [6.45, 7) is 3.07. The number of nitrogens with zero attached hydrogens (tertiary/aromatic N) is 1. The van der Waals surface area contributed by atoms with Crippen LogP contribution in [0.15, 0.2) is 22.9 Å². The normalized spacial score (nSPS) is 19.4. The molecule has 1 rings (SSSR count). The van der Waals surface area contributed by atoms with E-state index < -0.39 is 28.6 Å². The van der Waals surface area contributed by atoms with Gasteiger partial charge in [-0.3, -0.25) is 0 Å². The number of pyridine rings is 1. The molecule has 2 atom stereocenters. The zero-order valence-corrected chi connectivity index (χ0v) is 11.9. The van der Waals surface area contributed by atoms with Gasteiger partial charge in [0, 0.05) is 16.4 Å². The molecule has 5 heteroatoms. The molecule has 0 saturated carbocycles. The van der Waals surface area contributed by atoms with Crippen LogP contribution in [0.5, 0.6) is 0 Å². The van der Waals surface area contributed by atoms with Gasteiger partial charge in [-0.25, -0.2) is 13.9 Å². The van der Waals surface area contributed by atoms with Gasteiger partial charge in [0.2, 0.25) is 0 Å². The number of hydrogen-bond donors (Lipinski definition) is 1. The van der Waals surface area contributed by atoms with Crippen molar-refractivity contribution in [1.29, 1.82) is 0 Å². The quantitative estimate of drug-likeness (QED) is 0.872. The third kappa shape index (κ3) is 3.96. The fourth-order valence-corrected chi connectivity index (χ4v) is 2.04. The molecule has 1 N–H and O–H groups in total. The van der Waals surface area contributed by atoms with Crippen LogP contribution in [0.2, 0.25) is 0 Å². The monoisotopic (exact) mass is 307 g/mol. The Balaban J connectivity index is 3.08. The predicted molar refractivity (Wildman–Crippen MR) is 71.4 cm³/mol. The Morgan fingerprint density at radius 3 is 2.81 bits per heavy atom. The average molecular weight is 308 g/mol. The highest BCUT2D eigenvalue weighted by Crippen LogP contribution is 2.18. The van der Waals surface area contributed by atoms with Crippen molar-refractivity contribution >= 4 is 26.9 Å². The lowest BCUT2D eigenvalue weighted by Crippen LogP contribution is -2.34. The second kappa shape index (κ2) is 5.38. The largest absolute Gasteiger partial charge is 0.249 e. The molecule has 0 aliphatic rings. The van der Waals surface area contributed by atoms with Gasteiger partial charge < -0.3 is 0 Å². The van der Waals surface area contributed by atoms with Crippen molar-refractivity contribution in [3.63, 3.8) is 0 Å². The first-order valence-electron chi connectivity index (χ1n) is 6.31. The molecule has 0 saturated heterocycles. The van der Waals surface area contributed by atoms with Crippen molar-refractivity contribution in [2.45, 2.75) is 38.4 Å². The van der Waals surface area contributed by atoms with Crippen molar-refractivity contribution in [3.05, 3.63) is 28.5 Å². The van der Waals surface area contributed by atoms with E-state index in [0.29, 0.717) is 10.2 Å². The lowest BCUT2D eigenvalue weighted by Gasteiger charge is -2.22. The molecule has 0 spiro atoms. The summed E-state index contributed by atoms with van der Waals surface area (Å²) in [4.78, 5) is 3.96. The Bertz CT molecular complexity index is 474. The van der Waals surface area contributed by atoms with Gasteiger partial charge in [0.1, 0.15) is 4.60 Å². The number of halogens is 1. The first-order valence-corrected chi connectivity index (χ1v) is 6.75. The molecule has 0 aliphatic carbocycles. The van der Waals surface area contributed by atoms with E-state index in [1.807, 2.05) is 0 Å². The van der Waals surface area contributed by atoms with E-state index in [9.17, 15) is 4.21 Å². The van der Waals surface area contributed by atoms with Crippen molar-refractivity contribution in [3.8, 4) is 0 Å². The lowest BCUT2D eigenvalue weighted by atomic mass is 10.1. The van der Waals surface area contributed by atoms with Gasteiger partial charge in [-0.15, -0.1) is 0 Å². The standard InChI is InChI=1S/C11H17BrN2OS/c1-8(14-16(15)11(2,3)4)9-5-6-13-10(12)7-9/h5-8,14H,1-4H3/t8-,16+/m0/s1/i1D3. The van der Waals surface area contributed by atoms with Crippen LogP contribution < -0.4 is 4.72 Å². The second-order valence-corrected chi connectivity index (χ2v) is 7.15. The Morgan fingerprint density at radius 1 is 1.62 bits per heavy atom. The molecule has 90 valence electrons. The minimum Gasteiger partial charge on any atom is -0.249 e. The molecule has 0 aromatic carbocycles. The summed E-state index contributed by atoms with van der Waals surface area (Å²) in [5.74, 6) is 0. The molecule has 0 fully saturated rings. The maximum atomic E-state index is 12.1. The summed E-state index contributed by atoms with van der Waals surface area (Å²) in [5.41, 5.74) is 0.527. The maximum Gasteiger partial charge on any atom is 0.106 e. The highest BCUT2D eigenvalue weighted by molar-refractivity contribution is 9.10. The van der Waals surface area contributed by atoms with E-state index in [-0.39, 0.29) is 0 Å². The molecule has 16 heavy (non-hydrogen) atoms. The van der Waals surface area contributed by atoms with Gasteiger partial charge in [-0.05, 0) is 61.2 Å². The molecular formula is C11H17BrN2OS. The molecule has 1 aromatic rings. The molecule has 3 nitrogen and oxygen atoms in total. The van der Waals surface area contributed by atoms with Crippen molar-refractivity contribution in [2.75, 3.05) is 0 Å². The zero-order valence-electron chi connectivity index (χ0n) is 12.5. The van der Waals surface area contributed by atoms with E-state index >= 15 is 0 Å². The highest BCUT2D eigenvalue weighted by atomic mass is 79.9.